The average Bonchev–Trinajstić information content (AvgIpc) is 2.77. The fraction of sp³-hybridized carbons (Fsp3) is 0.130. The molecule has 33 heavy (non-hydrogen) atoms. The van der Waals surface area contributed by atoms with Crippen molar-refractivity contribution in [2.45, 2.75) is 11.8 Å². The Kier molecular flexibility index (Phi) is 7.97. The van der Waals surface area contributed by atoms with Gasteiger partial charge in [-0.1, -0.05) is 47.5 Å². The van der Waals surface area contributed by atoms with Gasteiger partial charge in [-0.25, -0.2) is 13.2 Å². The van der Waals surface area contributed by atoms with Gasteiger partial charge in [0.15, 0.2) is 0 Å². The Bertz CT molecular complexity index is 1250. The van der Waals surface area contributed by atoms with Crippen LogP contribution in [0.1, 0.15) is 17.3 Å². The summed E-state index contributed by atoms with van der Waals surface area (Å²) in [5.41, 5.74) is 0.698. The molecule has 0 atom stereocenters. The minimum absolute atomic E-state index is 0.00166. The highest BCUT2D eigenvalue weighted by molar-refractivity contribution is 7.92. The molecule has 1 amide bonds. The molecule has 3 aromatic rings. The summed E-state index contributed by atoms with van der Waals surface area (Å²) < 4.78 is 32.6. The van der Waals surface area contributed by atoms with Crippen LogP contribution < -0.4 is 9.62 Å². The zero-order valence-electron chi connectivity index (χ0n) is 17.5. The van der Waals surface area contributed by atoms with Crippen molar-refractivity contribution in [2.24, 2.45) is 0 Å². The number of nitrogens with one attached hydrogen (secondary N) is 1. The summed E-state index contributed by atoms with van der Waals surface area (Å²) in [5.74, 6) is -1.16. The van der Waals surface area contributed by atoms with Gasteiger partial charge in [0.25, 0.3) is 10.0 Å². The maximum Gasteiger partial charge on any atom is 0.338 e. The van der Waals surface area contributed by atoms with Crippen LogP contribution in [0.2, 0.25) is 10.0 Å². The van der Waals surface area contributed by atoms with Crippen molar-refractivity contribution in [3.05, 3.63) is 88.4 Å². The third-order valence-corrected chi connectivity index (χ3v) is 6.64. The highest BCUT2D eigenvalue weighted by atomic mass is 35.5. The first-order chi connectivity index (χ1) is 15.7. The molecular formula is C23H20Cl2N2O5S. The number of halogens is 2. The van der Waals surface area contributed by atoms with Crippen LogP contribution in [0.15, 0.2) is 77.7 Å². The molecule has 0 aliphatic heterocycles. The van der Waals surface area contributed by atoms with Gasteiger partial charge in [0.05, 0.1) is 22.8 Å². The van der Waals surface area contributed by atoms with Gasteiger partial charge in [-0.05, 0) is 55.5 Å². The molecule has 0 unspecified atom stereocenters. The molecule has 0 heterocycles. The number of amides is 1. The molecule has 0 radical (unpaired) electrons. The van der Waals surface area contributed by atoms with Crippen molar-refractivity contribution in [3.8, 4) is 0 Å². The number of benzene rings is 3. The van der Waals surface area contributed by atoms with Gasteiger partial charge in [0.2, 0.25) is 5.91 Å². The van der Waals surface area contributed by atoms with E-state index in [0.29, 0.717) is 5.69 Å². The second kappa shape index (κ2) is 10.7. The van der Waals surface area contributed by atoms with E-state index in [0.717, 1.165) is 4.31 Å². The largest absolute Gasteiger partial charge is 0.462 e. The highest BCUT2D eigenvalue weighted by Gasteiger charge is 2.27. The predicted molar refractivity (Wildman–Crippen MR) is 128 cm³/mol. The van der Waals surface area contributed by atoms with Crippen LogP contribution in [0.3, 0.4) is 0 Å². The Morgan fingerprint density at radius 2 is 1.61 bits per heavy atom. The number of carbonyl (C=O) groups is 2. The van der Waals surface area contributed by atoms with Gasteiger partial charge in [-0.15, -0.1) is 0 Å². The van der Waals surface area contributed by atoms with Crippen LogP contribution in [0, 0.1) is 0 Å². The third kappa shape index (κ3) is 6.25. The number of nitrogens with zero attached hydrogens (tertiary/aromatic N) is 1. The SMILES string of the molecule is CCOC(=O)c1cccc(NC(=O)CN(c2cc(Cl)cc(Cl)c2)S(=O)(=O)c2ccccc2)c1. The Balaban J connectivity index is 1.92. The number of carbonyl (C=O) groups excluding carboxylic acids is 2. The van der Waals surface area contributed by atoms with Crippen molar-refractivity contribution in [1.29, 1.82) is 0 Å². The molecule has 0 saturated carbocycles. The lowest BCUT2D eigenvalue weighted by atomic mass is 10.2. The lowest BCUT2D eigenvalue weighted by Crippen LogP contribution is -2.38. The van der Waals surface area contributed by atoms with E-state index in [9.17, 15) is 18.0 Å². The number of rotatable bonds is 8. The quantitative estimate of drug-likeness (QED) is 0.433. The number of sulfonamides is 1. The smallest absolute Gasteiger partial charge is 0.338 e. The van der Waals surface area contributed by atoms with Crippen LogP contribution >= 0.6 is 23.2 Å². The second-order valence-corrected chi connectivity index (χ2v) is 9.54. The average molecular weight is 507 g/mol. The molecule has 7 nitrogen and oxygen atoms in total. The van der Waals surface area contributed by atoms with Crippen molar-refractivity contribution in [2.75, 3.05) is 22.8 Å². The number of esters is 1. The minimum Gasteiger partial charge on any atom is -0.462 e. The molecule has 0 fully saturated rings. The second-order valence-electron chi connectivity index (χ2n) is 6.80. The molecule has 0 aliphatic rings. The summed E-state index contributed by atoms with van der Waals surface area (Å²) in [6, 6.07) is 18.1. The number of ether oxygens (including phenoxy) is 1. The minimum atomic E-state index is -4.12. The Morgan fingerprint density at radius 3 is 2.24 bits per heavy atom. The zero-order valence-corrected chi connectivity index (χ0v) is 19.8. The fourth-order valence-electron chi connectivity index (χ4n) is 2.99. The van der Waals surface area contributed by atoms with Gasteiger partial charge in [-0.2, -0.15) is 0 Å². The van der Waals surface area contributed by atoms with Crippen LogP contribution in [-0.4, -0.2) is 33.4 Å². The number of hydrogen-bond donors (Lipinski definition) is 1. The van der Waals surface area contributed by atoms with Gasteiger partial charge < -0.3 is 10.1 Å². The summed E-state index contributed by atoms with van der Waals surface area (Å²) in [4.78, 5) is 24.8. The maximum absolute atomic E-state index is 13.4. The van der Waals surface area contributed by atoms with Crippen molar-refractivity contribution >= 4 is 56.5 Å². The Morgan fingerprint density at radius 1 is 0.939 bits per heavy atom. The summed E-state index contributed by atoms with van der Waals surface area (Å²) in [7, 11) is -4.12. The van der Waals surface area contributed by atoms with Crippen LogP contribution in [0.25, 0.3) is 0 Å². The van der Waals surface area contributed by atoms with Gasteiger partial charge >= 0.3 is 5.97 Å². The van der Waals surface area contributed by atoms with E-state index in [2.05, 4.69) is 5.32 Å². The molecule has 10 heteroatoms. The van der Waals surface area contributed by atoms with E-state index in [1.54, 1.807) is 43.3 Å². The first kappa shape index (κ1) is 24.6. The van der Waals surface area contributed by atoms with Gasteiger partial charge in [0.1, 0.15) is 6.54 Å². The van der Waals surface area contributed by atoms with Crippen molar-refractivity contribution in [3.63, 3.8) is 0 Å². The molecule has 0 bridgehead atoms. The molecule has 0 spiro atoms. The molecule has 0 aromatic heterocycles. The van der Waals surface area contributed by atoms with E-state index in [1.165, 1.54) is 36.4 Å². The summed E-state index contributed by atoms with van der Waals surface area (Å²) >= 11 is 12.2. The summed E-state index contributed by atoms with van der Waals surface area (Å²) in [6.45, 7) is 1.34. The molecule has 0 saturated heterocycles. The van der Waals surface area contributed by atoms with E-state index in [-0.39, 0.29) is 32.8 Å². The number of anilines is 2. The standard InChI is InChI=1S/C23H20Cl2N2O5S/c1-2-32-23(29)16-7-6-8-19(11-16)26-22(28)15-27(20-13-17(24)12-18(25)14-20)33(30,31)21-9-4-3-5-10-21/h3-14H,2,15H2,1H3,(H,26,28). The molecule has 0 aliphatic carbocycles. The molecular weight excluding hydrogens is 487 g/mol. The Hall–Kier alpha value is -3.07. The first-order valence-electron chi connectivity index (χ1n) is 9.81. The molecule has 3 rings (SSSR count). The van der Waals surface area contributed by atoms with E-state index in [4.69, 9.17) is 27.9 Å². The monoisotopic (exact) mass is 506 g/mol. The highest BCUT2D eigenvalue weighted by Crippen LogP contribution is 2.29. The Labute approximate surface area is 201 Å². The predicted octanol–water partition coefficient (Wildman–Crippen LogP) is 5.00. The lowest BCUT2D eigenvalue weighted by Gasteiger charge is -2.24. The zero-order chi connectivity index (χ0) is 24.0. The van der Waals surface area contributed by atoms with Crippen molar-refractivity contribution < 1.29 is 22.7 Å². The molecule has 3 aromatic carbocycles. The van der Waals surface area contributed by atoms with Gasteiger partial charge in [0, 0.05) is 15.7 Å². The topological polar surface area (TPSA) is 92.8 Å². The summed E-state index contributed by atoms with van der Waals surface area (Å²) in [6.07, 6.45) is 0. The first-order valence-corrected chi connectivity index (χ1v) is 12.0. The normalized spacial score (nSPS) is 11.0. The van der Waals surface area contributed by atoms with Crippen LogP contribution in [0.5, 0.6) is 0 Å². The maximum atomic E-state index is 13.4. The van der Waals surface area contributed by atoms with Crippen LogP contribution in [0.4, 0.5) is 11.4 Å². The molecule has 172 valence electrons. The van der Waals surface area contributed by atoms with Crippen molar-refractivity contribution in [1.82, 2.24) is 0 Å². The lowest BCUT2D eigenvalue weighted by molar-refractivity contribution is -0.114. The van der Waals surface area contributed by atoms with Crippen LogP contribution in [-0.2, 0) is 19.6 Å². The van der Waals surface area contributed by atoms with E-state index >= 15 is 0 Å². The third-order valence-electron chi connectivity index (χ3n) is 4.41. The van der Waals surface area contributed by atoms with E-state index in [1.807, 2.05) is 0 Å². The fourth-order valence-corrected chi connectivity index (χ4v) is 4.93. The van der Waals surface area contributed by atoms with Gasteiger partial charge in [-0.3, -0.25) is 9.10 Å². The van der Waals surface area contributed by atoms with E-state index < -0.39 is 28.4 Å². The summed E-state index contributed by atoms with van der Waals surface area (Å²) in [5, 5.41) is 3.05. The molecule has 1 N–H and O–H groups in total. The number of hydrogen-bond acceptors (Lipinski definition) is 5.